The lowest BCUT2D eigenvalue weighted by atomic mass is 10.1. The number of nitrogens with one attached hydrogen (secondary N) is 1. The number of carbonyl (C=O) groups is 1. The van der Waals surface area contributed by atoms with Crippen molar-refractivity contribution in [2.24, 2.45) is 0 Å². The fourth-order valence-electron chi connectivity index (χ4n) is 1.91. The first-order valence-corrected chi connectivity index (χ1v) is 7.34. The van der Waals surface area contributed by atoms with Crippen molar-refractivity contribution in [1.29, 1.82) is 0 Å². The lowest BCUT2D eigenvalue weighted by Gasteiger charge is -2.19. The van der Waals surface area contributed by atoms with E-state index in [4.69, 9.17) is 4.74 Å². The number of ether oxygens (including phenoxy) is 1. The van der Waals surface area contributed by atoms with Gasteiger partial charge in [-0.1, -0.05) is 46.3 Å². The molecule has 110 valence electrons. The Morgan fingerprint density at radius 3 is 2.67 bits per heavy atom. The van der Waals surface area contributed by atoms with Crippen molar-refractivity contribution in [3.05, 3.63) is 64.4 Å². The molecule has 0 bridgehead atoms. The number of esters is 1. The van der Waals surface area contributed by atoms with E-state index in [1.54, 1.807) is 31.2 Å². The van der Waals surface area contributed by atoms with Crippen molar-refractivity contribution >= 4 is 27.6 Å². The molecule has 0 fully saturated rings. The molecule has 0 aliphatic carbocycles. The van der Waals surface area contributed by atoms with Gasteiger partial charge in [0, 0.05) is 4.47 Å². The highest BCUT2D eigenvalue weighted by atomic mass is 79.9. The van der Waals surface area contributed by atoms with Gasteiger partial charge in [-0.3, -0.25) is 0 Å². The predicted molar refractivity (Wildman–Crippen MR) is 83.5 cm³/mol. The third-order valence-corrected chi connectivity index (χ3v) is 3.38. The van der Waals surface area contributed by atoms with Crippen LogP contribution in [0, 0.1) is 5.82 Å². The summed E-state index contributed by atoms with van der Waals surface area (Å²) in [4.78, 5) is 12.1. The van der Waals surface area contributed by atoms with Gasteiger partial charge in [0.1, 0.15) is 5.82 Å². The Labute approximate surface area is 131 Å². The van der Waals surface area contributed by atoms with Crippen LogP contribution in [0.3, 0.4) is 0 Å². The molecule has 0 saturated carbocycles. The summed E-state index contributed by atoms with van der Waals surface area (Å²) in [6, 6.07) is 12.9. The number of hydrogen-bond acceptors (Lipinski definition) is 3. The Hall–Kier alpha value is -1.88. The van der Waals surface area contributed by atoms with Gasteiger partial charge >= 0.3 is 5.97 Å². The molecular formula is C16H15BrFNO2. The molecule has 0 aromatic heterocycles. The average molecular weight is 352 g/mol. The molecule has 0 aliphatic rings. The Kier molecular flexibility index (Phi) is 5.33. The minimum atomic E-state index is -0.755. The largest absolute Gasteiger partial charge is 0.464 e. The summed E-state index contributed by atoms with van der Waals surface area (Å²) in [6.45, 7) is 2.00. The van der Waals surface area contributed by atoms with Crippen LogP contribution in [0.25, 0.3) is 0 Å². The Balaban J connectivity index is 2.32. The van der Waals surface area contributed by atoms with Crippen LogP contribution < -0.4 is 5.32 Å². The maximum Gasteiger partial charge on any atom is 0.333 e. The van der Waals surface area contributed by atoms with Gasteiger partial charge in [-0.2, -0.15) is 0 Å². The fourth-order valence-corrected chi connectivity index (χ4v) is 2.27. The predicted octanol–water partition coefficient (Wildman–Crippen LogP) is 4.30. The molecule has 1 unspecified atom stereocenters. The summed E-state index contributed by atoms with van der Waals surface area (Å²) in [5, 5.41) is 2.91. The van der Waals surface area contributed by atoms with Gasteiger partial charge in [0.05, 0.1) is 12.3 Å². The Morgan fingerprint density at radius 2 is 2.00 bits per heavy atom. The zero-order chi connectivity index (χ0) is 15.2. The number of benzene rings is 2. The van der Waals surface area contributed by atoms with Crippen molar-refractivity contribution in [2.75, 3.05) is 11.9 Å². The van der Waals surface area contributed by atoms with E-state index in [1.807, 2.05) is 18.2 Å². The number of hydrogen-bond donors (Lipinski definition) is 1. The minimum Gasteiger partial charge on any atom is -0.464 e. The minimum absolute atomic E-state index is 0.242. The standard InChI is InChI=1S/C16H15BrFNO2/c1-2-21-16(20)15(11-6-4-3-5-7-11)19-14-10-12(17)8-9-13(14)18/h3-10,15,19H,2H2,1H3. The van der Waals surface area contributed by atoms with E-state index < -0.39 is 17.8 Å². The fraction of sp³-hybridized carbons (Fsp3) is 0.188. The van der Waals surface area contributed by atoms with Gasteiger partial charge in [0.25, 0.3) is 0 Å². The normalized spacial score (nSPS) is 11.8. The van der Waals surface area contributed by atoms with Crippen molar-refractivity contribution in [3.63, 3.8) is 0 Å². The van der Waals surface area contributed by atoms with E-state index in [2.05, 4.69) is 21.2 Å². The van der Waals surface area contributed by atoms with Crippen molar-refractivity contribution in [1.82, 2.24) is 0 Å². The van der Waals surface area contributed by atoms with Crippen LogP contribution in [-0.4, -0.2) is 12.6 Å². The molecule has 0 radical (unpaired) electrons. The smallest absolute Gasteiger partial charge is 0.333 e. The second-order valence-electron chi connectivity index (χ2n) is 4.36. The third-order valence-electron chi connectivity index (χ3n) is 2.88. The molecule has 0 amide bonds. The summed E-state index contributed by atoms with van der Waals surface area (Å²) in [6.07, 6.45) is 0. The topological polar surface area (TPSA) is 38.3 Å². The quantitative estimate of drug-likeness (QED) is 0.816. The molecule has 21 heavy (non-hydrogen) atoms. The summed E-state index contributed by atoms with van der Waals surface area (Å²) < 4.78 is 19.6. The van der Waals surface area contributed by atoms with Crippen molar-refractivity contribution in [3.8, 4) is 0 Å². The lowest BCUT2D eigenvalue weighted by Crippen LogP contribution is -2.23. The molecule has 3 nitrogen and oxygen atoms in total. The van der Waals surface area contributed by atoms with Gasteiger partial charge in [-0.15, -0.1) is 0 Å². The summed E-state index contributed by atoms with van der Waals surface area (Å²) in [7, 11) is 0. The van der Waals surface area contributed by atoms with E-state index >= 15 is 0 Å². The molecule has 2 aromatic rings. The third kappa shape index (κ3) is 4.04. The first-order chi connectivity index (χ1) is 10.1. The van der Waals surface area contributed by atoms with E-state index in [0.29, 0.717) is 0 Å². The van der Waals surface area contributed by atoms with Gasteiger partial charge < -0.3 is 10.1 Å². The number of carbonyl (C=O) groups excluding carboxylic acids is 1. The zero-order valence-corrected chi connectivity index (χ0v) is 13.1. The zero-order valence-electron chi connectivity index (χ0n) is 11.5. The van der Waals surface area contributed by atoms with E-state index in [0.717, 1.165) is 10.0 Å². The second-order valence-corrected chi connectivity index (χ2v) is 5.28. The van der Waals surface area contributed by atoms with Crippen LogP contribution >= 0.6 is 15.9 Å². The summed E-state index contributed by atoms with van der Waals surface area (Å²) >= 11 is 3.29. The van der Waals surface area contributed by atoms with Crippen LogP contribution in [0.1, 0.15) is 18.5 Å². The van der Waals surface area contributed by atoms with Crippen molar-refractivity contribution in [2.45, 2.75) is 13.0 Å². The highest BCUT2D eigenvalue weighted by Crippen LogP contribution is 2.26. The molecule has 5 heteroatoms. The number of anilines is 1. The first kappa shape index (κ1) is 15.5. The second kappa shape index (κ2) is 7.22. The van der Waals surface area contributed by atoms with Gasteiger partial charge in [-0.25, -0.2) is 9.18 Å². The monoisotopic (exact) mass is 351 g/mol. The van der Waals surface area contributed by atoms with E-state index in [1.165, 1.54) is 6.07 Å². The molecule has 2 rings (SSSR count). The van der Waals surface area contributed by atoms with Gasteiger partial charge in [-0.05, 0) is 30.7 Å². The number of halogens is 2. The van der Waals surface area contributed by atoms with E-state index in [9.17, 15) is 9.18 Å². The average Bonchev–Trinajstić information content (AvgIpc) is 2.49. The Morgan fingerprint density at radius 1 is 1.29 bits per heavy atom. The summed E-state index contributed by atoms with van der Waals surface area (Å²) in [5.74, 6) is -0.869. The maximum absolute atomic E-state index is 13.9. The van der Waals surface area contributed by atoms with Crippen LogP contribution in [0.15, 0.2) is 53.0 Å². The maximum atomic E-state index is 13.9. The molecule has 0 saturated heterocycles. The van der Waals surface area contributed by atoms with Gasteiger partial charge in [0.2, 0.25) is 0 Å². The highest BCUT2D eigenvalue weighted by molar-refractivity contribution is 9.10. The summed E-state index contributed by atoms with van der Waals surface area (Å²) in [5.41, 5.74) is 0.960. The molecule has 0 aliphatic heterocycles. The van der Waals surface area contributed by atoms with Crippen LogP contribution in [0.4, 0.5) is 10.1 Å². The molecule has 1 atom stereocenters. The highest BCUT2D eigenvalue weighted by Gasteiger charge is 2.22. The molecule has 2 aromatic carbocycles. The molecule has 0 heterocycles. The molecule has 0 spiro atoms. The molecular weight excluding hydrogens is 337 g/mol. The first-order valence-electron chi connectivity index (χ1n) is 6.55. The van der Waals surface area contributed by atoms with E-state index in [-0.39, 0.29) is 12.3 Å². The van der Waals surface area contributed by atoms with Gasteiger partial charge in [0.15, 0.2) is 6.04 Å². The SMILES string of the molecule is CCOC(=O)C(Nc1cc(Br)ccc1F)c1ccccc1. The molecule has 1 N–H and O–H groups in total. The van der Waals surface area contributed by atoms with Crippen LogP contribution in [0.5, 0.6) is 0 Å². The van der Waals surface area contributed by atoms with Crippen LogP contribution in [-0.2, 0) is 9.53 Å². The number of rotatable bonds is 5. The Bertz CT molecular complexity index is 619. The lowest BCUT2D eigenvalue weighted by molar-refractivity contribution is -0.144. The van der Waals surface area contributed by atoms with Crippen LogP contribution in [0.2, 0.25) is 0 Å². The van der Waals surface area contributed by atoms with Crippen molar-refractivity contribution < 1.29 is 13.9 Å².